The lowest BCUT2D eigenvalue weighted by molar-refractivity contribution is -0.123. The highest BCUT2D eigenvalue weighted by Crippen LogP contribution is 2.35. The summed E-state index contributed by atoms with van der Waals surface area (Å²) in [5.41, 5.74) is 0. The van der Waals surface area contributed by atoms with Crippen LogP contribution in [-0.4, -0.2) is 27.8 Å². The number of aromatic nitrogens is 1. The molecule has 2 saturated heterocycles. The van der Waals surface area contributed by atoms with Crippen molar-refractivity contribution in [2.45, 2.75) is 57.7 Å². The van der Waals surface area contributed by atoms with Crippen molar-refractivity contribution in [2.75, 3.05) is 0 Å². The quantitative estimate of drug-likeness (QED) is 0.826. The number of thiazole rings is 1. The minimum atomic E-state index is 0.460. The maximum Gasteiger partial charge on any atom is 0.136 e. The summed E-state index contributed by atoms with van der Waals surface area (Å²) in [6.45, 7) is 3.12. The van der Waals surface area contributed by atoms with Crippen LogP contribution >= 0.6 is 11.3 Å². The van der Waals surface area contributed by atoms with E-state index in [1.807, 2.05) is 17.5 Å². The van der Waals surface area contributed by atoms with Crippen LogP contribution < -0.4 is 0 Å². The van der Waals surface area contributed by atoms with Gasteiger partial charge in [0.25, 0.3) is 0 Å². The van der Waals surface area contributed by atoms with Crippen molar-refractivity contribution in [2.24, 2.45) is 0 Å². The lowest BCUT2D eigenvalue weighted by Gasteiger charge is -2.33. The Bertz CT molecular complexity index is 413. The fourth-order valence-electron chi connectivity index (χ4n) is 3.06. The molecule has 2 bridgehead atoms. The molecule has 0 radical (unpaired) electrons. The van der Waals surface area contributed by atoms with Gasteiger partial charge in [0.05, 0.1) is 6.54 Å². The second kappa shape index (κ2) is 4.50. The van der Waals surface area contributed by atoms with Crippen LogP contribution in [0.25, 0.3) is 0 Å². The normalized spacial score (nSPS) is 28.9. The molecule has 0 saturated carbocycles. The highest BCUT2D eigenvalue weighted by Gasteiger charge is 2.40. The summed E-state index contributed by atoms with van der Waals surface area (Å²) in [6, 6.07) is 0.991. The van der Waals surface area contributed by atoms with Crippen molar-refractivity contribution in [3.8, 4) is 0 Å². The lowest BCUT2D eigenvalue weighted by atomic mass is 10.0. The zero-order valence-corrected chi connectivity index (χ0v) is 11.0. The van der Waals surface area contributed by atoms with E-state index in [-0.39, 0.29) is 0 Å². The Morgan fingerprint density at radius 1 is 1.41 bits per heavy atom. The minimum absolute atomic E-state index is 0.460. The molecule has 0 N–H and O–H groups in total. The number of rotatable bonds is 3. The summed E-state index contributed by atoms with van der Waals surface area (Å²) in [5, 5.41) is 1.22. The van der Waals surface area contributed by atoms with Crippen LogP contribution in [-0.2, 0) is 17.8 Å². The molecule has 0 spiro atoms. The highest BCUT2D eigenvalue weighted by molar-refractivity contribution is 7.11. The van der Waals surface area contributed by atoms with Crippen LogP contribution in [0.1, 0.15) is 42.5 Å². The fraction of sp³-hybridized carbons (Fsp3) is 0.692. The van der Waals surface area contributed by atoms with Gasteiger partial charge < -0.3 is 0 Å². The number of hydrogen-bond donors (Lipinski definition) is 0. The average Bonchev–Trinajstić information content (AvgIpc) is 2.85. The largest absolute Gasteiger partial charge is 0.300 e. The van der Waals surface area contributed by atoms with Gasteiger partial charge in [-0.2, -0.15) is 0 Å². The van der Waals surface area contributed by atoms with E-state index in [1.165, 1.54) is 22.7 Å². The Kier molecular flexibility index (Phi) is 3.01. The van der Waals surface area contributed by atoms with Crippen molar-refractivity contribution in [3.63, 3.8) is 0 Å². The zero-order chi connectivity index (χ0) is 11.8. The van der Waals surface area contributed by atoms with Crippen molar-refractivity contribution in [1.82, 2.24) is 9.88 Å². The standard InChI is InChI=1S/C13H18N2OS/c1-2-12-7-14-13(17-12)8-15-9-3-4-10(15)6-11(16)5-9/h7,9-10H,2-6,8H2,1H3. The minimum Gasteiger partial charge on any atom is -0.300 e. The molecular formula is C13H18N2OS. The Morgan fingerprint density at radius 2 is 2.12 bits per heavy atom. The van der Waals surface area contributed by atoms with Gasteiger partial charge in [-0.1, -0.05) is 6.92 Å². The molecule has 3 rings (SSSR count). The van der Waals surface area contributed by atoms with Gasteiger partial charge in [-0.05, 0) is 19.3 Å². The first-order valence-electron chi connectivity index (χ1n) is 6.47. The van der Waals surface area contributed by atoms with Crippen LogP contribution in [0.2, 0.25) is 0 Å². The number of ketones is 1. The van der Waals surface area contributed by atoms with Gasteiger partial charge in [0, 0.05) is 36.0 Å². The first-order chi connectivity index (χ1) is 8.26. The smallest absolute Gasteiger partial charge is 0.136 e. The number of carbonyl (C=O) groups is 1. The molecule has 2 fully saturated rings. The van der Waals surface area contributed by atoms with Crippen LogP contribution in [0.4, 0.5) is 0 Å². The van der Waals surface area contributed by atoms with E-state index in [0.29, 0.717) is 17.9 Å². The van der Waals surface area contributed by atoms with E-state index in [9.17, 15) is 4.79 Å². The summed E-state index contributed by atoms with van der Waals surface area (Å²) in [7, 11) is 0. The van der Waals surface area contributed by atoms with Crippen LogP contribution in [0.3, 0.4) is 0 Å². The Balaban J connectivity index is 1.71. The maximum atomic E-state index is 11.5. The predicted molar refractivity (Wildman–Crippen MR) is 68.1 cm³/mol. The third kappa shape index (κ3) is 2.16. The average molecular weight is 250 g/mol. The van der Waals surface area contributed by atoms with E-state index in [0.717, 1.165) is 25.8 Å². The highest BCUT2D eigenvalue weighted by atomic mass is 32.1. The van der Waals surface area contributed by atoms with E-state index in [4.69, 9.17) is 0 Å². The summed E-state index contributed by atoms with van der Waals surface area (Å²) in [5.74, 6) is 0.460. The van der Waals surface area contributed by atoms with Gasteiger partial charge in [0.2, 0.25) is 0 Å². The van der Waals surface area contributed by atoms with E-state index in [2.05, 4.69) is 16.8 Å². The number of Topliss-reactive ketones (excluding diaryl/α,β-unsaturated/α-hetero) is 1. The fourth-order valence-corrected chi connectivity index (χ4v) is 3.93. The Labute approximate surface area is 106 Å². The number of piperidine rings is 1. The van der Waals surface area contributed by atoms with Crippen LogP contribution in [0, 0.1) is 0 Å². The zero-order valence-electron chi connectivity index (χ0n) is 10.2. The Morgan fingerprint density at radius 3 is 2.71 bits per heavy atom. The molecule has 0 aromatic carbocycles. The number of aryl methyl sites for hydroxylation is 1. The third-order valence-corrected chi connectivity index (χ3v) is 5.09. The molecule has 2 aliphatic heterocycles. The molecule has 1 aromatic rings. The lowest BCUT2D eigenvalue weighted by Crippen LogP contribution is -2.42. The molecule has 3 heterocycles. The molecule has 17 heavy (non-hydrogen) atoms. The summed E-state index contributed by atoms with van der Waals surface area (Å²) in [4.78, 5) is 19.9. The van der Waals surface area contributed by atoms with Crippen molar-refractivity contribution >= 4 is 17.1 Å². The SMILES string of the molecule is CCc1cnc(CN2C3CCC2CC(=O)C3)s1. The second-order valence-electron chi connectivity index (χ2n) is 5.08. The topological polar surface area (TPSA) is 33.2 Å². The number of fused-ring (bicyclic) bond motifs is 2. The molecule has 3 nitrogen and oxygen atoms in total. The van der Waals surface area contributed by atoms with Gasteiger partial charge in [-0.15, -0.1) is 11.3 Å². The molecule has 0 aliphatic carbocycles. The molecule has 1 aromatic heterocycles. The van der Waals surface area contributed by atoms with Gasteiger partial charge in [-0.3, -0.25) is 9.69 Å². The molecule has 2 atom stereocenters. The van der Waals surface area contributed by atoms with Gasteiger partial charge in [0.1, 0.15) is 10.8 Å². The number of nitrogens with zero attached hydrogens (tertiary/aromatic N) is 2. The van der Waals surface area contributed by atoms with E-state index < -0.39 is 0 Å². The van der Waals surface area contributed by atoms with Gasteiger partial charge in [0.15, 0.2) is 0 Å². The molecule has 2 unspecified atom stereocenters. The van der Waals surface area contributed by atoms with Gasteiger partial charge in [-0.25, -0.2) is 4.98 Å². The van der Waals surface area contributed by atoms with Crippen molar-refractivity contribution < 1.29 is 4.79 Å². The van der Waals surface area contributed by atoms with Crippen LogP contribution in [0.5, 0.6) is 0 Å². The number of carbonyl (C=O) groups excluding carboxylic acids is 1. The predicted octanol–water partition coefficient (Wildman–Crippen LogP) is 2.40. The van der Waals surface area contributed by atoms with Gasteiger partial charge >= 0.3 is 0 Å². The monoisotopic (exact) mass is 250 g/mol. The summed E-state index contributed by atoms with van der Waals surface area (Å²) in [6.07, 6.45) is 7.00. The first kappa shape index (κ1) is 11.4. The van der Waals surface area contributed by atoms with Crippen molar-refractivity contribution in [1.29, 1.82) is 0 Å². The Hall–Kier alpha value is -0.740. The number of hydrogen-bond acceptors (Lipinski definition) is 4. The summed E-state index contributed by atoms with van der Waals surface area (Å²) >= 11 is 1.82. The first-order valence-corrected chi connectivity index (χ1v) is 7.29. The molecule has 0 amide bonds. The van der Waals surface area contributed by atoms with E-state index in [1.54, 1.807) is 0 Å². The van der Waals surface area contributed by atoms with E-state index >= 15 is 0 Å². The molecular weight excluding hydrogens is 232 g/mol. The maximum absolute atomic E-state index is 11.5. The third-order valence-electron chi connectivity index (χ3n) is 3.97. The molecule has 2 aliphatic rings. The molecule has 92 valence electrons. The van der Waals surface area contributed by atoms with Crippen molar-refractivity contribution in [3.05, 3.63) is 16.1 Å². The second-order valence-corrected chi connectivity index (χ2v) is 6.28. The summed E-state index contributed by atoms with van der Waals surface area (Å²) < 4.78 is 0. The molecule has 4 heteroatoms. The van der Waals surface area contributed by atoms with Crippen LogP contribution in [0.15, 0.2) is 6.20 Å².